The number of nitrogens with zero attached hydrogens (tertiary/aromatic N) is 4. The molecule has 2 aliphatic rings. The number of ether oxygens (including phenoxy) is 1. The van der Waals surface area contributed by atoms with E-state index in [9.17, 15) is 4.79 Å². The SMILES string of the molecule is CCC(CC)N1C(=O)Cc2cnc(Nc3cccc(OCCN4CCCC4)c3)nc21. The van der Waals surface area contributed by atoms with Crippen LogP contribution in [0.4, 0.5) is 17.5 Å². The third kappa shape index (κ3) is 4.56. The first-order chi connectivity index (χ1) is 14.7. The van der Waals surface area contributed by atoms with Crippen LogP contribution in [0.5, 0.6) is 5.75 Å². The van der Waals surface area contributed by atoms with E-state index in [0.717, 1.165) is 42.2 Å². The molecule has 1 amide bonds. The highest BCUT2D eigenvalue weighted by molar-refractivity contribution is 6.00. The minimum Gasteiger partial charge on any atom is -0.492 e. The van der Waals surface area contributed by atoms with Crippen molar-refractivity contribution in [3.63, 3.8) is 0 Å². The second-order valence-electron chi connectivity index (χ2n) is 8.00. The van der Waals surface area contributed by atoms with Gasteiger partial charge in [-0.05, 0) is 50.9 Å². The highest BCUT2D eigenvalue weighted by atomic mass is 16.5. The molecule has 1 aromatic heterocycles. The van der Waals surface area contributed by atoms with Crippen molar-refractivity contribution in [3.8, 4) is 5.75 Å². The predicted molar refractivity (Wildman–Crippen MR) is 118 cm³/mol. The maximum atomic E-state index is 12.5. The summed E-state index contributed by atoms with van der Waals surface area (Å²) >= 11 is 0. The van der Waals surface area contributed by atoms with Crippen LogP contribution in [0.25, 0.3) is 0 Å². The summed E-state index contributed by atoms with van der Waals surface area (Å²) < 4.78 is 5.94. The fourth-order valence-electron chi connectivity index (χ4n) is 4.28. The Hall–Kier alpha value is -2.67. The van der Waals surface area contributed by atoms with Gasteiger partial charge in [0, 0.05) is 36.1 Å². The number of rotatable bonds is 9. The zero-order chi connectivity index (χ0) is 20.9. The molecular weight excluding hydrogens is 378 g/mol. The van der Waals surface area contributed by atoms with Crippen molar-refractivity contribution in [1.29, 1.82) is 0 Å². The number of nitrogens with one attached hydrogen (secondary N) is 1. The first-order valence-electron chi connectivity index (χ1n) is 11.1. The number of hydrogen-bond donors (Lipinski definition) is 1. The number of aromatic nitrogens is 2. The zero-order valence-electron chi connectivity index (χ0n) is 17.9. The van der Waals surface area contributed by atoms with Crippen molar-refractivity contribution in [1.82, 2.24) is 14.9 Å². The fraction of sp³-hybridized carbons (Fsp3) is 0.522. The zero-order valence-corrected chi connectivity index (χ0v) is 17.9. The van der Waals surface area contributed by atoms with E-state index in [0.29, 0.717) is 19.0 Å². The number of anilines is 3. The largest absolute Gasteiger partial charge is 0.492 e. The summed E-state index contributed by atoms with van der Waals surface area (Å²) in [6.45, 7) is 8.22. The van der Waals surface area contributed by atoms with E-state index in [2.05, 4.69) is 34.0 Å². The van der Waals surface area contributed by atoms with Gasteiger partial charge in [-0.25, -0.2) is 4.98 Å². The van der Waals surface area contributed by atoms with Crippen LogP contribution in [-0.2, 0) is 11.2 Å². The molecule has 7 heteroatoms. The average molecular weight is 410 g/mol. The highest BCUT2D eigenvalue weighted by Gasteiger charge is 2.33. The van der Waals surface area contributed by atoms with E-state index in [4.69, 9.17) is 4.74 Å². The van der Waals surface area contributed by atoms with E-state index in [1.807, 2.05) is 29.2 Å². The molecule has 1 fully saturated rings. The Morgan fingerprint density at radius 1 is 1.20 bits per heavy atom. The van der Waals surface area contributed by atoms with E-state index in [1.54, 1.807) is 6.20 Å². The van der Waals surface area contributed by atoms with Crippen molar-refractivity contribution >= 4 is 23.4 Å². The summed E-state index contributed by atoms with van der Waals surface area (Å²) in [5.74, 6) is 2.17. The van der Waals surface area contributed by atoms with Gasteiger partial charge in [0.15, 0.2) is 0 Å². The lowest BCUT2D eigenvalue weighted by atomic mass is 10.1. The summed E-state index contributed by atoms with van der Waals surface area (Å²) in [6.07, 6.45) is 6.55. The minimum absolute atomic E-state index is 0.110. The van der Waals surface area contributed by atoms with Crippen molar-refractivity contribution in [2.75, 3.05) is 36.5 Å². The van der Waals surface area contributed by atoms with E-state index >= 15 is 0 Å². The molecule has 0 unspecified atom stereocenters. The van der Waals surface area contributed by atoms with Gasteiger partial charge in [-0.2, -0.15) is 4.98 Å². The topological polar surface area (TPSA) is 70.6 Å². The first-order valence-corrected chi connectivity index (χ1v) is 11.1. The number of hydrogen-bond acceptors (Lipinski definition) is 6. The molecule has 7 nitrogen and oxygen atoms in total. The lowest BCUT2D eigenvalue weighted by Crippen LogP contribution is -2.37. The number of likely N-dealkylation sites (tertiary alicyclic amines) is 1. The van der Waals surface area contributed by atoms with E-state index in [-0.39, 0.29) is 11.9 Å². The van der Waals surface area contributed by atoms with Crippen molar-refractivity contribution in [3.05, 3.63) is 36.0 Å². The molecule has 0 radical (unpaired) electrons. The highest BCUT2D eigenvalue weighted by Crippen LogP contribution is 2.31. The molecule has 1 saturated heterocycles. The van der Waals surface area contributed by atoms with Crippen molar-refractivity contribution < 1.29 is 9.53 Å². The van der Waals surface area contributed by atoms with Crippen LogP contribution in [0.2, 0.25) is 0 Å². The molecule has 0 spiro atoms. The molecule has 30 heavy (non-hydrogen) atoms. The molecule has 2 aliphatic heterocycles. The van der Waals surface area contributed by atoms with Crippen LogP contribution in [0, 0.1) is 0 Å². The maximum absolute atomic E-state index is 12.5. The van der Waals surface area contributed by atoms with Gasteiger partial charge in [0.05, 0.1) is 6.42 Å². The Kier molecular flexibility index (Phi) is 6.47. The van der Waals surface area contributed by atoms with Crippen LogP contribution in [0.15, 0.2) is 30.5 Å². The molecular formula is C23H31N5O2. The number of amides is 1. The van der Waals surface area contributed by atoms with Gasteiger partial charge in [0.25, 0.3) is 0 Å². The van der Waals surface area contributed by atoms with Gasteiger partial charge in [-0.15, -0.1) is 0 Å². The van der Waals surface area contributed by atoms with Crippen LogP contribution in [-0.4, -0.2) is 53.1 Å². The molecule has 1 N–H and O–H groups in total. The Bertz CT molecular complexity index is 878. The quantitative estimate of drug-likeness (QED) is 0.680. The lowest BCUT2D eigenvalue weighted by Gasteiger charge is -2.25. The maximum Gasteiger partial charge on any atom is 0.233 e. The second kappa shape index (κ2) is 9.43. The Morgan fingerprint density at radius 2 is 2.00 bits per heavy atom. The first kappa shape index (κ1) is 20.6. The van der Waals surface area contributed by atoms with Crippen molar-refractivity contribution in [2.24, 2.45) is 0 Å². The van der Waals surface area contributed by atoms with Crippen molar-refractivity contribution in [2.45, 2.75) is 52.0 Å². The van der Waals surface area contributed by atoms with Crippen LogP contribution < -0.4 is 15.0 Å². The summed E-state index contributed by atoms with van der Waals surface area (Å²) in [6, 6.07) is 8.03. The summed E-state index contributed by atoms with van der Waals surface area (Å²) in [5.41, 5.74) is 1.77. The molecule has 0 saturated carbocycles. The predicted octanol–water partition coefficient (Wildman–Crippen LogP) is 3.77. The normalized spacial score (nSPS) is 16.4. The van der Waals surface area contributed by atoms with E-state index in [1.165, 1.54) is 25.9 Å². The fourth-order valence-corrected chi connectivity index (χ4v) is 4.28. The smallest absolute Gasteiger partial charge is 0.233 e. The third-order valence-corrected chi connectivity index (χ3v) is 5.95. The second-order valence-corrected chi connectivity index (χ2v) is 8.00. The van der Waals surface area contributed by atoms with Gasteiger partial charge in [0.1, 0.15) is 18.2 Å². The van der Waals surface area contributed by atoms with Gasteiger partial charge in [-0.1, -0.05) is 19.9 Å². The minimum atomic E-state index is 0.110. The standard InChI is InChI=1S/C23H31N5O2/c1-3-19(4-2)28-21(29)14-17-16-24-23(26-22(17)28)25-18-8-7-9-20(15-18)30-13-12-27-10-5-6-11-27/h7-9,15-16,19H,3-6,10-14H2,1-2H3,(H,24,25,26). The van der Waals surface area contributed by atoms with Crippen LogP contribution in [0.3, 0.4) is 0 Å². The van der Waals surface area contributed by atoms with Crippen LogP contribution >= 0.6 is 0 Å². The summed E-state index contributed by atoms with van der Waals surface area (Å²) in [4.78, 5) is 25.9. The number of benzene rings is 1. The van der Waals surface area contributed by atoms with Gasteiger partial charge >= 0.3 is 0 Å². The molecule has 160 valence electrons. The van der Waals surface area contributed by atoms with Gasteiger partial charge in [0.2, 0.25) is 11.9 Å². The number of fused-ring (bicyclic) bond motifs is 1. The van der Waals surface area contributed by atoms with Gasteiger partial charge in [-0.3, -0.25) is 14.6 Å². The molecule has 0 atom stereocenters. The summed E-state index contributed by atoms with van der Waals surface area (Å²) in [7, 11) is 0. The molecule has 0 bridgehead atoms. The Labute approximate surface area is 178 Å². The molecule has 3 heterocycles. The Morgan fingerprint density at radius 3 is 2.77 bits per heavy atom. The summed E-state index contributed by atoms with van der Waals surface area (Å²) in [5, 5.41) is 3.27. The molecule has 1 aromatic carbocycles. The number of carbonyl (C=O) groups is 1. The third-order valence-electron chi connectivity index (χ3n) is 5.95. The monoisotopic (exact) mass is 409 g/mol. The number of carbonyl (C=O) groups excluding carboxylic acids is 1. The Balaban J connectivity index is 1.43. The molecule has 2 aromatic rings. The molecule has 4 rings (SSSR count). The van der Waals surface area contributed by atoms with Gasteiger partial charge < -0.3 is 10.1 Å². The van der Waals surface area contributed by atoms with E-state index < -0.39 is 0 Å². The molecule has 0 aliphatic carbocycles. The lowest BCUT2D eigenvalue weighted by molar-refractivity contribution is -0.117. The average Bonchev–Trinajstić information content (AvgIpc) is 3.37. The van der Waals surface area contributed by atoms with Crippen LogP contribution in [0.1, 0.15) is 45.1 Å².